The molecule has 1 saturated heterocycles. The first-order chi connectivity index (χ1) is 8.43. The minimum Gasteiger partial charge on any atom is -0.380 e. The molecule has 1 N–H and O–H groups in total. The lowest BCUT2D eigenvalue weighted by Crippen LogP contribution is -2.24. The van der Waals surface area contributed by atoms with Crippen molar-refractivity contribution in [2.24, 2.45) is 0 Å². The summed E-state index contributed by atoms with van der Waals surface area (Å²) in [7, 11) is 0. The van der Waals surface area contributed by atoms with Crippen LogP contribution in [-0.4, -0.2) is 50.8 Å². The van der Waals surface area contributed by atoms with Crippen LogP contribution in [0.4, 0.5) is 0 Å². The molecule has 1 fully saturated rings. The fourth-order valence-electron chi connectivity index (χ4n) is 2.23. The monoisotopic (exact) mass is 242 g/mol. The van der Waals surface area contributed by atoms with Gasteiger partial charge in [0, 0.05) is 13.2 Å². The van der Waals surface area contributed by atoms with Gasteiger partial charge in [0.1, 0.15) is 0 Å². The second kappa shape index (κ2) is 11.0. The molecule has 0 unspecified atom stereocenters. The van der Waals surface area contributed by atoms with Gasteiger partial charge in [0.2, 0.25) is 0 Å². The first-order valence-electron chi connectivity index (χ1n) is 7.44. The van der Waals surface area contributed by atoms with Gasteiger partial charge in [0.05, 0.1) is 6.61 Å². The molecular formula is C14H30N2O. The van der Waals surface area contributed by atoms with Crippen molar-refractivity contribution < 1.29 is 4.74 Å². The van der Waals surface area contributed by atoms with Gasteiger partial charge in [-0.2, -0.15) is 0 Å². The number of hydrogen-bond donors (Lipinski definition) is 1. The number of hydrogen-bond acceptors (Lipinski definition) is 3. The lowest BCUT2D eigenvalue weighted by atomic mass is 10.2. The minimum absolute atomic E-state index is 0.925. The number of ether oxygens (including phenoxy) is 1. The minimum atomic E-state index is 0.925. The molecule has 0 bridgehead atoms. The fraction of sp³-hybridized carbons (Fsp3) is 1.00. The second-order valence-electron chi connectivity index (χ2n) is 4.97. The number of nitrogens with zero attached hydrogens (tertiary/aromatic N) is 1. The van der Waals surface area contributed by atoms with Crippen molar-refractivity contribution in [3.8, 4) is 0 Å². The smallest absolute Gasteiger partial charge is 0.0593 e. The van der Waals surface area contributed by atoms with Gasteiger partial charge in [0.25, 0.3) is 0 Å². The number of nitrogens with one attached hydrogen (secondary N) is 1. The van der Waals surface area contributed by atoms with Crippen LogP contribution in [0.3, 0.4) is 0 Å². The molecule has 17 heavy (non-hydrogen) atoms. The average Bonchev–Trinajstić information content (AvgIpc) is 2.85. The van der Waals surface area contributed by atoms with Crippen LogP contribution in [0.5, 0.6) is 0 Å². The number of likely N-dealkylation sites (tertiary alicyclic amines) is 1. The third kappa shape index (κ3) is 8.58. The normalized spacial score (nSPS) is 16.8. The van der Waals surface area contributed by atoms with Crippen LogP contribution in [-0.2, 0) is 4.74 Å². The lowest BCUT2D eigenvalue weighted by Gasteiger charge is -2.14. The molecule has 1 rings (SSSR count). The predicted octanol–water partition coefficient (Wildman–Crippen LogP) is 2.27. The Kier molecular flexibility index (Phi) is 9.66. The largest absolute Gasteiger partial charge is 0.380 e. The maximum atomic E-state index is 5.66. The summed E-state index contributed by atoms with van der Waals surface area (Å²) < 4.78 is 5.66. The predicted molar refractivity (Wildman–Crippen MR) is 73.5 cm³/mol. The molecule has 102 valence electrons. The van der Waals surface area contributed by atoms with Crippen molar-refractivity contribution in [3.63, 3.8) is 0 Å². The zero-order valence-corrected chi connectivity index (χ0v) is 11.5. The van der Waals surface area contributed by atoms with E-state index in [4.69, 9.17) is 4.74 Å². The van der Waals surface area contributed by atoms with E-state index in [9.17, 15) is 0 Å². The van der Waals surface area contributed by atoms with Gasteiger partial charge in [-0.1, -0.05) is 6.92 Å². The van der Waals surface area contributed by atoms with Crippen LogP contribution < -0.4 is 5.32 Å². The van der Waals surface area contributed by atoms with Crippen LogP contribution in [0.15, 0.2) is 0 Å². The first-order valence-corrected chi connectivity index (χ1v) is 7.44. The van der Waals surface area contributed by atoms with Gasteiger partial charge in [0.15, 0.2) is 0 Å². The molecule has 1 aliphatic heterocycles. The van der Waals surface area contributed by atoms with Crippen molar-refractivity contribution in [1.82, 2.24) is 10.2 Å². The zero-order chi connectivity index (χ0) is 12.2. The van der Waals surface area contributed by atoms with E-state index in [0.29, 0.717) is 0 Å². The van der Waals surface area contributed by atoms with Crippen molar-refractivity contribution in [2.75, 3.05) is 45.9 Å². The van der Waals surface area contributed by atoms with Gasteiger partial charge < -0.3 is 15.0 Å². The molecule has 0 spiro atoms. The molecular weight excluding hydrogens is 212 g/mol. The Morgan fingerprint density at radius 3 is 2.59 bits per heavy atom. The molecule has 0 amide bonds. The molecule has 0 saturated carbocycles. The summed E-state index contributed by atoms with van der Waals surface area (Å²) >= 11 is 0. The van der Waals surface area contributed by atoms with E-state index < -0.39 is 0 Å². The van der Waals surface area contributed by atoms with E-state index in [1.54, 1.807) is 0 Å². The third-order valence-corrected chi connectivity index (χ3v) is 3.32. The van der Waals surface area contributed by atoms with Crippen LogP contribution >= 0.6 is 0 Å². The molecule has 0 aromatic carbocycles. The molecule has 1 aliphatic rings. The van der Waals surface area contributed by atoms with Gasteiger partial charge >= 0.3 is 0 Å². The van der Waals surface area contributed by atoms with Crippen molar-refractivity contribution in [3.05, 3.63) is 0 Å². The lowest BCUT2D eigenvalue weighted by molar-refractivity contribution is 0.108. The van der Waals surface area contributed by atoms with E-state index in [0.717, 1.165) is 26.3 Å². The van der Waals surface area contributed by atoms with Crippen LogP contribution in [0.25, 0.3) is 0 Å². The highest BCUT2D eigenvalue weighted by molar-refractivity contribution is 4.65. The highest BCUT2D eigenvalue weighted by Gasteiger charge is 2.09. The topological polar surface area (TPSA) is 24.5 Å². The highest BCUT2D eigenvalue weighted by Crippen LogP contribution is 2.06. The van der Waals surface area contributed by atoms with Gasteiger partial charge in [-0.15, -0.1) is 0 Å². The molecule has 0 aromatic rings. The Balaban J connectivity index is 1.69. The van der Waals surface area contributed by atoms with Crippen molar-refractivity contribution in [2.45, 2.75) is 45.4 Å². The molecule has 3 nitrogen and oxygen atoms in total. The summed E-state index contributed by atoms with van der Waals surface area (Å²) in [5.41, 5.74) is 0. The standard InChI is InChI=1S/C14H30N2O/c1-2-8-15-9-4-3-7-13-17-14-12-16-10-5-6-11-16/h15H,2-14H2,1H3. The molecule has 0 aromatic heterocycles. The van der Waals surface area contributed by atoms with E-state index in [-0.39, 0.29) is 0 Å². The first kappa shape index (κ1) is 14.9. The van der Waals surface area contributed by atoms with Gasteiger partial charge in [-0.25, -0.2) is 0 Å². The maximum Gasteiger partial charge on any atom is 0.0593 e. The molecule has 3 heteroatoms. The Labute approximate surface area is 107 Å². The number of unbranched alkanes of at least 4 members (excludes halogenated alkanes) is 2. The summed E-state index contributed by atoms with van der Waals surface area (Å²) in [4.78, 5) is 2.51. The average molecular weight is 242 g/mol. The Bertz CT molecular complexity index is 158. The Morgan fingerprint density at radius 2 is 1.82 bits per heavy atom. The van der Waals surface area contributed by atoms with Crippen molar-refractivity contribution in [1.29, 1.82) is 0 Å². The summed E-state index contributed by atoms with van der Waals surface area (Å²) in [5.74, 6) is 0. The third-order valence-electron chi connectivity index (χ3n) is 3.32. The van der Waals surface area contributed by atoms with Crippen molar-refractivity contribution >= 4 is 0 Å². The summed E-state index contributed by atoms with van der Waals surface area (Å²) in [6, 6.07) is 0. The summed E-state index contributed by atoms with van der Waals surface area (Å²) in [5, 5.41) is 3.43. The van der Waals surface area contributed by atoms with E-state index in [2.05, 4.69) is 17.1 Å². The molecule has 0 atom stereocenters. The zero-order valence-electron chi connectivity index (χ0n) is 11.5. The van der Waals surface area contributed by atoms with Gasteiger partial charge in [-0.3, -0.25) is 0 Å². The van der Waals surface area contributed by atoms with E-state index in [1.807, 2.05) is 0 Å². The van der Waals surface area contributed by atoms with Crippen LogP contribution in [0.1, 0.15) is 45.4 Å². The SMILES string of the molecule is CCCNCCCCCOCCN1CCCC1. The fourth-order valence-corrected chi connectivity index (χ4v) is 2.23. The van der Waals surface area contributed by atoms with Crippen LogP contribution in [0.2, 0.25) is 0 Å². The van der Waals surface area contributed by atoms with E-state index >= 15 is 0 Å². The van der Waals surface area contributed by atoms with Crippen LogP contribution in [0, 0.1) is 0 Å². The Morgan fingerprint density at radius 1 is 1.00 bits per heavy atom. The molecule has 0 aliphatic carbocycles. The summed E-state index contributed by atoms with van der Waals surface area (Å²) in [6.45, 7) is 10.1. The Hall–Kier alpha value is -0.120. The highest BCUT2D eigenvalue weighted by atomic mass is 16.5. The quantitative estimate of drug-likeness (QED) is 0.563. The van der Waals surface area contributed by atoms with Gasteiger partial charge in [-0.05, 0) is 64.7 Å². The van der Waals surface area contributed by atoms with E-state index in [1.165, 1.54) is 58.2 Å². The number of rotatable bonds is 11. The molecule has 0 radical (unpaired) electrons. The summed E-state index contributed by atoms with van der Waals surface area (Å²) in [6.07, 6.45) is 7.79. The molecule has 1 heterocycles. The maximum absolute atomic E-state index is 5.66. The second-order valence-corrected chi connectivity index (χ2v) is 4.97.